The monoisotopic (exact) mass is 385 g/mol. The second-order valence-electron chi connectivity index (χ2n) is 7.10. The molecule has 0 aliphatic carbocycles. The van der Waals surface area contributed by atoms with Gasteiger partial charge in [-0.1, -0.05) is 0 Å². The van der Waals surface area contributed by atoms with Gasteiger partial charge in [0, 0.05) is 37.3 Å². The van der Waals surface area contributed by atoms with Gasteiger partial charge in [-0.15, -0.1) is 0 Å². The molecule has 1 aliphatic rings. The Balaban J connectivity index is 1.58. The van der Waals surface area contributed by atoms with Crippen LogP contribution in [0, 0.1) is 13.8 Å². The molecule has 1 unspecified atom stereocenters. The number of benzene rings is 1. The van der Waals surface area contributed by atoms with Crippen LogP contribution in [0.4, 0.5) is 16.2 Å². The molecule has 2 N–H and O–H groups in total. The number of methoxy groups -OCH3 is 1. The van der Waals surface area contributed by atoms with E-state index in [1.807, 2.05) is 23.4 Å². The number of likely N-dealkylation sites (tertiary alicyclic amines) is 1. The van der Waals surface area contributed by atoms with Gasteiger partial charge in [-0.05, 0) is 57.0 Å². The van der Waals surface area contributed by atoms with Crippen LogP contribution in [0.25, 0.3) is 0 Å². The number of carbonyl (C=O) groups excluding carboxylic acids is 2. The molecule has 1 aromatic heterocycles. The number of carbonyl (C=O) groups is 2. The van der Waals surface area contributed by atoms with Gasteiger partial charge in [0.25, 0.3) is 0 Å². The molecular formula is C20H27N5O3. The van der Waals surface area contributed by atoms with E-state index in [9.17, 15) is 9.59 Å². The molecule has 3 rings (SSSR count). The predicted molar refractivity (Wildman–Crippen MR) is 108 cm³/mol. The van der Waals surface area contributed by atoms with Gasteiger partial charge in [-0.2, -0.15) is 5.10 Å². The Morgan fingerprint density at radius 2 is 1.86 bits per heavy atom. The SMILES string of the molecule is COCC(=O)Nc1ccc(NC(=O)N2CCCC(n3nc(C)cc3C)C2)cc1. The number of piperidine rings is 1. The molecule has 0 bridgehead atoms. The molecule has 1 saturated heterocycles. The van der Waals surface area contributed by atoms with Crippen molar-refractivity contribution in [2.45, 2.75) is 32.7 Å². The average Bonchev–Trinajstić information content (AvgIpc) is 3.02. The maximum Gasteiger partial charge on any atom is 0.321 e. The van der Waals surface area contributed by atoms with Crippen LogP contribution in [0.1, 0.15) is 30.3 Å². The second kappa shape index (κ2) is 8.88. The molecule has 2 aromatic rings. The first-order valence-corrected chi connectivity index (χ1v) is 9.44. The molecule has 150 valence electrons. The summed E-state index contributed by atoms with van der Waals surface area (Å²) >= 11 is 0. The number of nitrogens with one attached hydrogen (secondary N) is 2. The summed E-state index contributed by atoms with van der Waals surface area (Å²) in [5, 5.41) is 10.2. The minimum absolute atomic E-state index is 0.00383. The van der Waals surface area contributed by atoms with Gasteiger partial charge in [-0.25, -0.2) is 4.79 Å². The van der Waals surface area contributed by atoms with Crippen molar-refractivity contribution in [2.75, 3.05) is 37.4 Å². The summed E-state index contributed by atoms with van der Waals surface area (Å²) in [6.45, 7) is 5.40. The molecular weight excluding hydrogens is 358 g/mol. The Kier molecular flexibility index (Phi) is 6.30. The molecule has 1 aromatic carbocycles. The maximum atomic E-state index is 12.7. The molecule has 28 heavy (non-hydrogen) atoms. The van der Waals surface area contributed by atoms with Crippen molar-refractivity contribution in [1.29, 1.82) is 0 Å². The van der Waals surface area contributed by atoms with E-state index in [2.05, 4.69) is 21.8 Å². The Bertz CT molecular complexity index is 831. The first kappa shape index (κ1) is 19.9. The molecule has 2 heterocycles. The van der Waals surface area contributed by atoms with E-state index in [4.69, 9.17) is 4.74 Å². The molecule has 3 amide bonds. The van der Waals surface area contributed by atoms with Crippen LogP contribution in [0.2, 0.25) is 0 Å². The number of aryl methyl sites for hydroxylation is 2. The fraction of sp³-hybridized carbons (Fsp3) is 0.450. The fourth-order valence-electron chi connectivity index (χ4n) is 3.52. The highest BCUT2D eigenvalue weighted by atomic mass is 16.5. The fourth-order valence-corrected chi connectivity index (χ4v) is 3.52. The van der Waals surface area contributed by atoms with Crippen molar-refractivity contribution in [3.05, 3.63) is 41.7 Å². The third-order valence-electron chi connectivity index (χ3n) is 4.77. The van der Waals surface area contributed by atoms with Gasteiger partial charge in [-0.3, -0.25) is 9.48 Å². The average molecular weight is 385 g/mol. The Morgan fingerprint density at radius 3 is 2.46 bits per heavy atom. The summed E-state index contributed by atoms with van der Waals surface area (Å²) in [6, 6.07) is 9.17. The number of hydrogen-bond donors (Lipinski definition) is 2. The van der Waals surface area contributed by atoms with Crippen LogP contribution in [0.15, 0.2) is 30.3 Å². The minimum Gasteiger partial charge on any atom is -0.375 e. The van der Waals surface area contributed by atoms with Gasteiger partial charge in [0.2, 0.25) is 5.91 Å². The smallest absolute Gasteiger partial charge is 0.321 e. The number of aromatic nitrogens is 2. The summed E-state index contributed by atoms with van der Waals surface area (Å²) in [5.41, 5.74) is 3.46. The minimum atomic E-state index is -0.220. The molecule has 1 fully saturated rings. The van der Waals surface area contributed by atoms with Crippen molar-refractivity contribution >= 4 is 23.3 Å². The second-order valence-corrected chi connectivity index (χ2v) is 7.10. The number of urea groups is 1. The number of amides is 3. The lowest BCUT2D eigenvalue weighted by Gasteiger charge is -2.33. The summed E-state index contributed by atoms with van der Waals surface area (Å²) in [4.78, 5) is 26.0. The largest absolute Gasteiger partial charge is 0.375 e. The highest BCUT2D eigenvalue weighted by Gasteiger charge is 2.26. The Hall–Kier alpha value is -2.87. The number of rotatable bonds is 5. The lowest BCUT2D eigenvalue weighted by molar-refractivity contribution is -0.119. The molecule has 1 atom stereocenters. The molecule has 8 nitrogen and oxygen atoms in total. The zero-order valence-corrected chi connectivity index (χ0v) is 16.6. The van der Waals surface area contributed by atoms with Crippen molar-refractivity contribution < 1.29 is 14.3 Å². The molecule has 8 heteroatoms. The zero-order valence-electron chi connectivity index (χ0n) is 16.6. The standard InChI is InChI=1S/C20H27N5O3/c1-14-11-15(2)25(23-14)18-5-4-10-24(12-18)20(27)22-17-8-6-16(7-9-17)21-19(26)13-28-3/h6-9,11,18H,4-5,10,12-13H2,1-3H3,(H,21,26)(H,22,27). The van der Waals surface area contributed by atoms with Crippen molar-refractivity contribution in [2.24, 2.45) is 0 Å². The van der Waals surface area contributed by atoms with E-state index in [0.717, 1.165) is 30.8 Å². The summed E-state index contributed by atoms with van der Waals surface area (Å²) in [5.74, 6) is -0.220. The van der Waals surface area contributed by atoms with E-state index in [1.54, 1.807) is 24.3 Å². The first-order valence-electron chi connectivity index (χ1n) is 9.44. The Morgan fingerprint density at radius 1 is 1.18 bits per heavy atom. The summed E-state index contributed by atoms with van der Waals surface area (Å²) < 4.78 is 6.82. The third kappa shape index (κ3) is 4.89. The van der Waals surface area contributed by atoms with Crippen LogP contribution in [-0.2, 0) is 9.53 Å². The Labute approximate surface area is 164 Å². The normalized spacial score (nSPS) is 16.7. The molecule has 0 saturated carbocycles. The van der Waals surface area contributed by atoms with E-state index in [0.29, 0.717) is 17.9 Å². The van der Waals surface area contributed by atoms with Crippen molar-refractivity contribution in [1.82, 2.24) is 14.7 Å². The number of hydrogen-bond acceptors (Lipinski definition) is 4. The van der Waals surface area contributed by atoms with Gasteiger partial charge >= 0.3 is 6.03 Å². The third-order valence-corrected chi connectivity index (χ3v) is 4.77. The van der Waals surface area contributed by atoms with Crippen LogP contribution in [0.3, 0.4) is 0 Å². The summed E-state index contributed by atoms with van der Waals surface area (Å²) in [7, 11) is 1.47. The van der Waals surface area contributed by atoms with Crippen LogP contribution >= 0.6 is 0 Å². The van der Waals surface area contributed by atoms with Gasteiger partial charge in [0.05, 0.1) is 11.7 Å². The molecule has 0 radical (unpaired) electrons. The van der Waals surface area contributed by atoms with Gasteiger partial charge < -0.3 is 20.3 Å². The van der Waals surface area contributed by atoms with Crippen molar-refractivity contribution in [3.8, 4) is 0 Å². The number of ether oxygens (including phenoxy) is 1. The van der Waals surface area contributed by atoms with Crippen molar-refractivity contribution in [3.63, 3.8) is 0 Å². The van der Waals surface area contributed by atoms with E-state index >= 15 is 0 Å². The quantitative estimate of drug-likeness (QED) is 0.828. The number of anilines is 2. The van der Waals surface area contributed by atoms with Crippen LogP contribution in [0.5, 0.6) is 0 Å². The molecule has 0 spiro atoms. The lowest BCUT2D eigenvalue weighted by atomic mass is 10.1. The van der Waals surface area contributed by atoms with E-state index in [1.165, 1.54) is 7.11 Å². The van der Waals surface area contributed by atoms with Gasteiger partial charge in [0.1, 0.15) is 6.61 Å². The first-order chi connectivity index (χ1) is 13.5. The maximum absolute atomic E-state index is 12.7. The highest BCUT2D eigenvalue weighted by molar-refractivity contribution is 5.93. The molecule has 1 aliphatic heterocycles. The van der Waals surface area contributed by atoms with Crippen LogP contribution < -0.4 is 10.6 Å². The predicted octanol–water partition coefficient (Wildman–Crippen LogP) is 2.95. The number of nitrogens with zero attached hydrogens (tertiary/aromatic N) is 3. The van der Waals surface area contributed by atoms with E-state index in [-0.39, 0.29) is 24.6 Å². The van der Waals surface area contributed by atoms with Crippen LogP contribution in [-0.4, -0.2) is 53.4 Å². The van der Waals surface area contributed by atoms with Gasteiger partial charge in [0.15, 0.2) is 0 Å². The summed E-state index contributed by atoms with van der Waals surface area (Å²) in [6.07, 6.45) is 1.96. The zero-order chi connectivity index (χ0) is 20.1. The topological polar surface area (TPSA) is 88.5 Å². The lowest BCUT2D eigenvalue weighted by Crippen LogP contribution is -2.43. The highest BCUT2D eigenvalue weighted by Crippen LogP contribution is 2.24. The van der Waals surface area contributed by atoms with E-state index < -0.39 is 0 Å².